The summed E-state index contributed by atoms with van der Waals surface area (Å²) in [6.07, 6.45) is 1.04. The van der Waals surface area contributed by atoms with E-state index in [-0.39, 0.29) is 4.90 Å². The van der Waals surface area contributed by atoms with Gasteiger partial charge in [0.15, 0.2) is 4.90 Å². The van der Waals surface area contributed by atoms with Crippen LogP contribution in [0.15, 0.2) is 27.6 Å². The smallest absolute Gasteiger partial charge is 0.289 e. The van der Waals surface area contributed by atoms with E-state index in [1.807, 2.05) is 0 Å². The van der Waals surface area contributed by atoms with E-state index in [9.17, 15) is 18.5 Å². The maximum absolute atomic E-state index is 12.5. The van der Waals surface area contributed by atoms with E-state index >= 15 is 0 Å². The van der Waals surface area contributed by atoms with Gasteiger partial charge in [0.1, 0.15) is 0 Å². The molecule has 2 rings (SSSR count). The monoisotopic (exact) mass is 378 g/mol. The average Bonchev–Trinajstić information content (AvgIpc) is 2.37. The van der Waals surface area contributed by atoms with Crippen molar-refractivity contribution in [2.24, 2.45) is 0 Å². The molecule has 1 heterocycles. The van der Waals surface area contributed by atoms with Gasteiger partial charge in [-0.25, -0.2) is 13.1 Å². The first-order chi connectivity index (χ1) is 9.73. The van der Waals surface area contributed by atoms with Gasteiger partial charge in [0, 0.05) is 29.3 Å². The minimum atomic E-state index is -3.99. The van der Waals surface area contributed by atoms with Gasteiger partial charge in [-0.1, -0.05) is 15.9 Å². The highest BCUT2D eigenvalue weighted by Crippen LogP contribution is 2.30. The average molecular weight is 379 g/mol. The number of nitro groups is 1. The number of hydrogen-bond acceptors (Lipinski definition) is 5. The van der Waals surface area contributed by atoms with Crippen LogP contribution < -0.4 is 4.72 Å². The molecule has 1 saturated heterocycles. The third kappa shape index (κ3) is 3.79. The summed E-state index contributed by atoms with van der Waals surface area (Å²) in [7, 11) is -3.99. The highest BCUT2D eigenvalue weighted by molar-refractivity contribution is 9.10. The molecule has 0 bridgehead atoms. The SMILES string of the molecule is CC1(NS(=O)(=O)c2cc(Br)ccc2[N+](=O)[O-])CCOCC1. The van der Waals surface area contributed by atoms with Gasteiger partial charge >= 0.3 is 0 Å². The Bertz CT molecular complexity index is 656. The van der Waals surface area contributed by atoms with Crippen LogP contribution in [0.2, 0.25) is 0 Å². The zero-order valence-electron chi connectivity index (χ0n) is 11.3. The highest BCUT2D eigenvalue weighted by atomic mass is 79.9. The van der Waals surface area contributed by atoms with Crippen LogP contribution in [-0.2, 0) is 14.8 Å². The van der Waals surface area contributed by atoms with Crippen molar-refractivity contribution in [3.63, 3.8) is 0 Å². The van der Waals surface area contributed by atoms with Crippen molar-refractivity contribution in [1.29, 1.82) is 0 Å². The lowest BCUT2D eigenvalue weighted by molar-refractivity contribution is -0.387. The number of rotatable bonds is 4. The molecular weight excluding hydrogens is 364 g/mol. The lowest BCUT2D eigenvalue weighted by Crippen LogP contribution is -2.49. The molecule has 1 aromatic rings. The molecule has 21 heavy (non-hydrogen) atoms. The molecule has 0 spiro atoms. The fraction of sp³-hybridized carbons (Fsp3) is 0.500. The summed E-state index contributed by atoms with van der Waals surface area (Å²) in [4.78, 5) is 9.99. The quantitative estimate of drug-likeness (QED) is 0.639. The summed E-state index contributed by atoms with van der Waals surface area (Å²) >= 11 is 3.14. The third-order valence-corrected chi connectivity index (χ3v) is 5.55. The summed E-state index contributed by atoms with van der Waals surface area (Å²) in [6, 6.07) is 3.85. The molecule has 1 fully saturated rings. The topological polar surface area (TPSA) is 98.5 Å². The van der Waals surface area contributed by atoms with Crippen LogP contribution in [-0.4, -0.2) is 32.1 Å². The zero-order chi connectivity index (χ0) is 15.7. The fourth-order valence-corrected chi connectivity index (χ4v) is 4.33. The van der Waals surface area contributed by atoms with Gasteiger partial charge in [0.25, 0.3) is 5.69 Å². The Morgan fingerprint density at radius 3 is 2.57 bits per heavy atom. The van der Waals surface area contributed by atoms with Crippen molar-refractivity contribution < 1.29 is 18.1 Å². The Hall–Kier alpha value is -1.03. The lowest BCUT2D eigenvalue weighted by atomic mass is 9.94. The van der Waals surface area contributed by atoms with Crippen LogP contribution in [0.1, 0.15) is 19.8 Å². The van der Waals surface area contributed by atoms with Crippen molar-refractivity contribution in [2.45, 2.75) is 30.2 Å². The summed E-state index contributed by atoms with van der Waals surface area (Å²) < 4.78 is 33.3. The second-order valence-electron chi connectivity index (χ2n) is 5.15. The molecule has 116 valence electrons. The van der Waals surface area contributed by atoms with Crippen LogP contribution in [0.4, 0.5) is 5.69 Å². The lowest BCUT2D eigenvalue weighted by Gasteiger charge is -2.33. The Morgan fingerprint density at radius 1 is 1.38 bits per heavy atom. The minimum Gasteiger partial charge on any atom is -0.381 e. The van der Waals surface area contributed by atoms with Gasteiger partial charge in [-0.15, -0.1) is 0 Å². The molecular formula is C12H15BrN2O5S. The fourth-order valence-electron chi connectivity index (χ4n) is 2.16. The molecule has 9 heteroatoms. The molecule has 1 aliphatic rings. The number of benzene rings is 1. The molecule has 7 nitrogen and oxygen atoms in total. The molecule has 0 saturated carbocycles. The second kappa shape index (κ2) is 5.99. The second-order valence-corrected chi connectivity index (χ2v) is 7.71. The molecule has 0 unspecified atom stereocenters. The molecule has 1 aromatic carbocycles. The molecule has 0 amide bonds. The van der Waals surface area contributed by atoms with Crippen molar-refractivity contribution in [3.05, 3.63) is 32.8 Å². The summed E-state index contributed by atoms with van der Waals surface area (Å²) in [5, 5.41) is 11.0. The predicted octanol–water partition coefficient (Wildman–Crippen LogP) is 2.20. The van der Waals surface area contributed by atoms with Gasteiger partial charge in [-0.2, -0.15) is 0 Å². The number of sulfonamides is 1. The van der Waals surface area contributed by atoms with Crippen LogP contribution in [0.25, 0.3) is 0 Å². The van der Waals surface area contributed by atoms with E-state index < -0.39 is 26.2 Å². The molecule has 0 aromatic heterocycles. The first kappa shape index (κ1) is 16.3. The van der Waals surface area contributed by atoms with E-state index in [0.717, 1.165) is 0 Å². The third-order valence-electron chi connectivity index (χ3n) is 3.39. The molecule has 0 radical (unpaired) electrons. The number of nitrogens with one attached hydrogen (secondary N) is 1. The first-order valence-corrected chi connectivity index (χ1v) is 8.57. The van der Waals surface area contributed by atoms with Gasteiger partial charge in [-0.3, -0.25) is 10.1 Å². The van der Waals surface area contributed by atoms with Crippen molar-refractivity contribution in [1.82, 2.24) is 4.72 Å². The van der Waals surface area contributed by atoms with Crippen molar-refractivity contribution in [2.75, 3.05) is 13.2 Å². The Labute approximate surface area is 131 Å². The minimum absolute atomic E-state index is 0.338. The number of halogens is 1. The van der Waals surface area contributed by atoms with Crippen molar-refractivity contribution >= 4 is 31.6 Å². The van der Waals surface area contributed by atoms with Crippen LogP contribution in [0, 0.1) is 10.1 Å². The van der Waals surface area contributed by atoms with E-state index in [2.05, 4.69) is 20.7 Å². The zero-order valence-corrected chi connectivity index (χ0v) is 13.7. The van der Waals surface area contributed by atoms with Crippen LogP contribution in [0.3, 0.4) is 0 Å². The van der Waals surface area contributed by atoms with Crippen LogP contribution in [0.5, 0.6) is 0 Å². The normalized spacial score (nSPS) is 18.4. The van der Waals surface area contributed by atoms with Gasteiger partial charge in [0.05, 0.1) is 4.92 Å². The number of nitro benzene ring substituents is 1. The molecule has 1 aliphatic heterocycles. The highest BCUT2D eigenvalue weighted by Gasteiger charge is 2.35. The first-order valence-electron chi connectivity index (χ1n) is 6.29. The van der Waals surface area contributed by atoms with Gasteiger partial charge in [0.2, 0.25) is 10.0 Å². The number of ether oxygens (including phenoxy) is 1. The number of nitrogens with zero attached hydrogens (tertiary/aromatic N) is 1. The van der Waals surface area contributed by atoms with E-state index in [1.54, 1.807) is 6.92 Å². The molecule has 1 N–H and O–H groups in total. The van der Waals surface area contributed by atoms with Gasteiger partial charge in [-0.05, 0) is 31.9 Å². The summed E-state index contributed by atoms with van der Waals surface area (Å²) in [5.41, 5.74) is -1.10. The van der Waals surface area contributed by atoms with E-state index in [1.165, 1.54) is 18.2 Å². The Kier molecular flexibility index (Phi) is 4.66. The molecule has 0 atom stereocenters. The molecule has 0 aliphatic carbocycles. The Balaban J connectivity index is 2.39. The maximum atomic E-state index is 12.5. The van der Waals surface area contributed by atoms with Crippen molar-refractivity contribution in [3.8, 4) is 0 Å². The maximum Gasteiger partial charge on any atom is 0.289 e. The Morgan fingerprint density at radius 2 is 2.00 bits per heavy atom. The predicted molar refractivity (Wildman–Crippen MR) is 79.6 cm³/mol. The summed E-state index contributed by atoms with van der Waals surface area (Å²) in [6.45, 7) is 2.69. The van der Waals surface area contributed by atoms with Gasteiger partial charge < -0.3 is 4.74 Å². The largest absolute Gasteiger partial charge is 0.381 e. The van der Waals surface area contributed by atoms with E-state index in [0.29, 0.717) is 30.5 Å². The van der Waals surface area contributed by atoms with Crippen LogP contribution >= 0.6 is 15.9 Å². The number of hydrogen-bond donors (Lipinski definition) is 1. The summed E-state index contributed by atoms with van der Waals surface area (Å²) in [5.74, 6) is 0. The van der Waals surface area contributed by atoms with E-state index in [4.69, 9.17) is 4.74 Å². The standard InChI is InChI=1S/C12H15BrN2O5S/c1-12(4-6-20-7-5-12)14-21(18,19)11-8-9(13)2-3-10(11)15(16)17/h2-3,8,14H,4-7H2,1H3.